The van der Waals surface area contributed by atoms with E-state index in [4.69, 9.17) is 4.74 Å². The van der Waals surface area contributed by atoms with Crippen molar-refractivity contribution in [3.8, 4) is 5.88 Å². The van der Waals surface area contributed by atoms with Crippen molar-refractivity contribution in [2.75, 3.05) is 18.5 Å². The number of nitrogens with one attached hydrogen (secondary N) is 1. The lowest BCUT2D eigenvalue weighted by Gasteiger charge is -2.09. The van der Waals surface area contributed by atoms with Crippen LogP contribution in [-0.4, -0.2) is 23.1 Å². The quantitative estimate of drug-likeness (QED) is 0.797. The molecule has 4 nitrogen and oxygen atoms in total. The minimum Gasteiger partial charge on any atom is -0.475 e. The zero-order valence-electron chi connectivity index (χ0n) is 10.7. The van der Waals surface area contributed by atoms with E-state index in [0.717, 1.165) is 25.6 Å². The highest BCUT2D eigenvalue weighted by atomic mass is 19.1. The molecule has 0 atom stereocenters. The van der Waals surface area contributed by atoms with Crippen molar-refractivity contribution in [2.24, 2.45) is 5.92 Å². The Morgan fingerprint density at radius 2 is 2.24 bits per heavy atom. The van der Waals surface area contributed by atoms with Gasteiger partial charge in [0.15, 0.2) is 0 Å². The SMILES string of the molecule is CCCNc1ncc(F)c(OCCC(C)C)n1. The normalized spacial score (nSPS) is 10.6. The molecule has 1 rings (SSSR count). The van der Waals surface area contributed by atoms with Crippen molar-refractivity contribution in [2.45, 2.75) is 33.6 Å². The standard InChI is InChI=1S/C12H20FN3O/c1-4-6-14-12-15-8-10(13)11(16-12)17-7-5-9(2)3/h8-9H,4-7H2,1-3H3,(H,14,15,16). The second-order valence-electron chi connectivity index (χ2n) is 4.30. The first-order chi connectivity index (χ1) is 8.13. The lowest BCUT2D eigenvalue weighted by Crippen LogP contribution is -2.08. The van der Waals surface area contributed by atoms with E-state index in [1.165, 1.54) is 0 Å². The van der Waals surface area contributed by atoms with Crippen molar-refractivity contribution in [1.82, 2.24) is 9.97 Å². The van der Waals surface area contributed by atoms with Crippen molar-refractivity contribution < 1.29 is 9.13 Å². The second-order valence-corrected chi connectivity index (χ2v) is 4.30. The summed E-state index contributed by atoms with van der Waals surface area (Å²) in [5.74, 6) is 0.445. The van der Waals surface area contributed by atoms with E-state index in [0.29, 0.717) is 18.5 Å². The molecule has 96 valence electrons. The van der Waals surface area contributed by atoms with Crippen LogP contribution in [0, 0.1) is 11.7 Å². The second kappa shape index (κ2) is 7.04. The summed E-state index contributed by atoms with van der Waals surface area (Å²) < 4.78 is 18.6. The van der Waals surface area contributed by atoms with Crippen LogP contribution in [0.3, 0.4) is 0 Å². The van der Waals surface area contributed by atoms with Crippen LogP contribution in [0.4, 0.5) is 10.3 Å². The topological polar surface area (TPSA) is 47.0 Å². The van der Waals surface area contributed by atoms with Crippen molar-refractivity contribution in [3.05, 3.63) is 12.0 Å². The average Bonchev–Trinajstić information content (AvgIpc) is 2.29. The molecule has 0 saturated heterocycles. The van der Waals surface area contributed by atoms with Crippen LogP contribution in [0.2, 0.25) is 0 Å². The third-order valence-corrected chi connectivity index (χ3v) is 2.18. The molecule has 17 heavy (non-hydrogen) atoms. The Hall–Kier alpha value is -1.39. The molecule has 0 saturated carbocycles. The van der Waals surface area contributed by atoms with E-state index in [9.17, 15) is 4.39 Å². The van der Waals surface area contributed by atoms with Crippen LogP contribution in [0.1, 0.15) is 33.6 Å². The fourth-order valence-electron chi connectivity index (χ4n) is 1.17. The van der Waals surface area contributed by atoms with Gasteiger partial charge in [0.05, 0.1) is 12.8 Å². The summed E-state index contributed by atoms with van der Waals surface area (Å²) in [6.45, 7) is 7.45. The third-order valence-electron chi connectivity index (χ3n) is 2.18. The summed E-state index contributed by atoms with van der Waals surface area (Å²) in [5, 5.41) is 2.99. The molecule has 1 heterocycles. The van der Waals surface area contributed by atoms with Gasteiger partial charge < -0.3 is 10.1 Å². The molecule has 1 aromatic rings. The predicted octanol–water partition coefficient (Wildman–Crippen LogP) is 2.86. The van der Waals surface area contributed by atoms with Crippen LogP contribution in [0.15, 0.2) is 6.20 Å². The average molecular weight is 241 g/mol. The van der Waals surface area contributed by atoms with Crippen LogP contribution in [-0.2, 0) is 0 Å². The van der Waals surface area contributed by atoms with Gasteiger partial charge in [0, 0.05) is 6.54 Å². The highest BCUT2D eigenvalue weighted by molar-refractivity contribution is 5.28. The molecule has 0 aliphatic carbocycles. The number of ether oxygens (including phenoxy) is 1. The van der Waals surface area contributed by atoms with E-state index in [1.807, 2.05) is 6.92 Å². The lowest BCUT2D eigenvalue weighted by atomic mass is 10.1. The molecule has 0 aromatic carbocycles. The van der Waals surface area contributed by atoms with Crippen LogP contribution in [0.5, 0.6) is 5.88 Å². The molecule has 0 bridgehead atoms. The number of hydrogen-bond acceptors (Lipinski definition) is 4. The molecule has 0 amide bonds. The largest absolute Gasteiger partial charge is 0.475 e. The van der Waals surface area contributed by atoms with Gasteiger partial charge in [0.2, 0.25) is 11.8 Å². The van der Waals surface area contributed by atoms with Gasteiger partial charge in [-0.25, -0.2) is 4.98 Å². The number of halogens is 1. The van der Waals surface area contributed by atoms with Crippen LogP contribution in [0.25, 0.3) is 0 Å². The number of anilines is 1. The maximum atomic E-state index is 13.3. The zero-order valence-corrected chi connectivity index (χ0v) is 10.7. The fourth-order valence-corrected chi connectivity index (χ4v) is 1.17. The van der Waals surface area contributed by atoms with E-state index in [-0.39, 0.29) is 5.88 Å². The predicted molar refractivity (Wildman–Crippen MR) is 65.7 cm³/mol. The Morgan fingerprint density at radius 3 is 2.88 bits per heavy atom. The van der Waals surface area contributed by atoms with E-state index in [2.05, 4.69) is 29.1 Å². The summed E-state index contributed by atoms with van der Waals surface area (Å²) in [6, 6.07) is 0. The van der Waals surface area contributed by atoms with Gasteiger partial charge in [-0.15, -0.1) is 0 Å². The Bertz CT molecular complexity index is 345. The Kier molecular flexibility index (Phi) is 5.66. The minimum atomic E-state index is -0.518. The smallest absolute Gasteiger partial charge is 0.255 e. The lowest BCUT2D eigenvalue weighted by molar-refractivity contribution is 0.265. The van der Waals surface area contributed by atoms with Gasteiger partial charge in [0.25, 0.3) is 5.88 Å². The number of rotatable bonds is 7. The molecule has 1 N–H and O–H groups in total. The van der Waals surface area contributed by atoms with Gasteiger partial charge in [-0.3, -0.25) is 0 Å². The molecular formula is C12H20FN3O. The van der Waals surface area contributed by atoms with E-state index in [1.54, 1.807) is 0 Å². The molecule has 1 aromatic heterocycles. The molecule has 0 spiro atoms. The summed E-state index contributed by atoms with van der Waals surface area (Å²) in [7, 11) is 0. The summed E-state index contributed by atoms with van der Waals surface area (Å²) in [5.41, 5.74) is 0. The van der Waals surface area contributed by atoms with Crippen molar-refractivity contribution >= 4 is 5.95 Å². The van der Waals surface area contributed by atoms with E-state index < -0.39 is 5.82 Å². The molecule has 5 heteroatoms. The van der Waals surface area contributed by atoms with Crippen molar-refractivity contribution in [3.63, 3.8) is 0 Å². The van der Waals surface area contributed by atoms with Gasteiger partial charge in [-0.1, -0.05) is 20.8 Å². The highest BCUT2D eigenvalue weighted by Crippen LogP contribution is 2.15. The first-order valence-corrected chi connectivity index (χ1v) is 6.02. The molecule has 0 radical (unpaired) electrons. The molecule has 0 unspecified atom stereocenters. The highest BCUT2D eigenvalue weighted by Gasteiger charge is 2.08. The zero-order chi connectivity index (χ0) is 12.7. The molecule has 0 aliphatic rings. The maximum Gasteiger partial charge on any atom is 0.255 e. The summed E-state index contributed by atoms with van der Waals surface area (Å²) in [4.78, 5) is 7.83. The third kappa shape index (κ3) is 4.97. The van der Waals surface area contributed by atoms with Gasteiger partial charge in [-0.2, -0.15) is 9.37 Å². The number of aromatic nitrogens is 2. The Labute approximate surface area is 102 Å². The maximum absolute atomic E-state index is 13.3. The first kappa shape index (κ1) is 13.7. The van der Waals surface area contributed by atoms with Gasteiger partial charge in [-0.05, 0) is 18.8 Å². The van der Waals surface area contributed by atoms with Crippen LogP contribution >= 0.6 is 0 Å². The molecular weight excluding hydrogens is 221 g/mol. The molecule has 0 fully saturated rings. The Morgan fingerprint density at radius 1 is 1.47 bits per heavy atom. The number of hydrogen-bond donors (Lipinski definition) is 1. The monoisotopic (exact) mass is 241 g/mol. The van der Waals surface area contributed by atoms with Crippen molar-refractivity contribution in [1.29, 1.82) is 0 Å². The summed E-state index contributed by atoms with van der Waals surface area (Å²) in [6.07, 6.45) is 2.97. The first-order valence-electron chi connectivity index (χ1n) is 6.02. The van der Waals surface area contributed by atoms with Gasteiger partial charge in [0.1, 0.15) is 0 Å². The Balaban J connectivity index is 2.56. The number of nitrogens with zero attached hydrogens (tertiary/aromatic N) is 2. The van der Waals surface area contributed by atoms with Gasteiger partial charge >= 0.3 is 0 Å². The van der Waals surface area contributed by atoms with Crippen LogP contribution < -0.4 is 10.1 Å². The minimum absolute atomic E-state index is 0.0271. The molecule has 0 aliphatic heterocycles. The van der Waals surface area contributed by atoms with E-state index >= 15 is 0 Å². The summed E-state index contributed by atoms with van der Waals surface area (Å²) >= 11 is 0. The fraction of sp³-hybridized carbons (Fsp3) is 0.667.